The smallest absolute Gasteiger partial charge is 0.163 e. The average molecular weight is 311 g/mol. The van der Waals surface area contributed by atoms with E-state index in [1.165, 1.54) is 14.0 Å². The third-order valence-corrected chi connectivity index (χ3v) is 2.50. The number of carbonyl (C=O) groups excluding carboxylic acids is 1. The third-order valence-electron chi connectivity index (χ3n) is 1.59. The third kappa shape index (κ3) is 2.34. The lowest BCUT2D eigenvalue weighted by atomic mass is 10.1. The highest BCUT2D eigenvalue weighted by molar-refractivity contribution is 14.1. The van der Waals surface area contributed by atoms with Crippen LogP contribution in [-0.2, 0) is 0 Å². The quantitative estimate of drug-likeness (QED) is 0.619. The van der Waals surface area contributed by atoms with Gasteiger partial charge in [0.25, 0.3) is 0 Å². The van der Waals surface area contributed by atoms with E-state index in [1.54, 1.807) is 12.1 Å². The number of Topliss-reactive ketones (excluding diaryl/α,β-unsaturated/α-hetero) is 1. The Balaban J connectivity index is 3.38. The topological polar surface area (TPSA) is 26.3 Å². The Kier molecular flexibility index (Phi) is 3.55. The van der Waals surface area contributed by atoms with Crippen LogP contribution < -0.4 is 4.74 Å². The van der Waals surface area contributed by atoms with E-state index in [-0.39, 0.29) is 5.78 Å². The summed E-state index contributed by atoms with van der Waals surface area (Å²) in [4.78, 5) is 11.2. The lowest BCUT2D eigenvalue weighted by Crippen LogP contribution is -1.98. The van der Waals surface area contributed by atoms with Crippen molar-refractivity contribution in [2.75, 3.05) is 7.11 Å². The Morgan fingerprint density at radius 1 is 1.54 bits per heavy atom. The number of rotatable bonds is 2. The van der Waals surface area contributed by atoms with Crippen molar-refractivity contribution in [2.45, 2.75) is 6.92 Å². The van der Waals surface area contributed by atoms with E-state index in [2.05, 4.69) is 22.6 Å². The number of hydrogen-bond donors (Lipinski definition) is 0. The van der Waals surface area contributed by atoms with Crippen molar-refractivity contribution in [1.82, 2.24) is 0 Å². The minimum absolute atomic E-state index is 0.0442. The molecule has 0 saturated carbocycles. The van der Waals surface area contributed by atoms with Crippen LogP contribution in [0.3, 0.4) is 0 Å². The van der Waals surface area contributed by atoms with Crippen molar-refractivity contribution >= 4 is 40.0 Å². The lowest BCUT2D eigenvalue weighted by Gasteiger charge is -2.08. The summed E-state index contributed by atoms with van der Waals surface area (Å²) >= 11 is 8.00. The zero-order valence-corrected chi connectivity index (χ0v) is 10.1. The molecule has 0 aromatic heterocycles. The first-order chi connectivity index (χ1) is 6.06. The van der Waals surface area contributed by atoms with Gasteiger partial charge in [-0.25, -0.2) is 0 Å². The first kappa shape index (κ1) is 10.8. The maximum atomic E-state index is 11.2. The lowest BCUT2D eigenvalue weighted by molar-refractivity contribution is 0.101. The number of ketones is 1. The van der Waals surface area contributed by atoms with Crippen LogP contribution in [0.2, 0.25) is 5.02 Å². The molecule has 0 aliphatic rings. The largest absolute Gasteiger partial charge is 0.494 e. The highest BCUT2D eigenvalue weighted by Crippen LogP contribution is 2.30. The summed E-state index contributed by atoms with van der Waals surface area (Å²) in [5.41, 5.74) is 0.527. The van der Waals surface area contributed by atoms with Crippen molar-refractivity contribution in [3.05, 3.63) is 26.3 Å². The fourth-order valence-corrected chi connectivity index (χ4v) is 2.13. The van der Waals surface area contributed by atoms with Crippen LogP contribution in [0.4, 0.5) is 0 Å². The van der Waals surface area contributed by atoms with Gasteiger partial charge in [-0.1, -0.05) is 11.6 Å². The van der Waals surface area contributed by atoms with Crippen molar-refractivity contribution < 1.29 is 9.53 Å². The summed E-state index contributed by atoms with van der Waals surface area (Å²) in [6.07, 6.45) is 0. The normalized spacial score (nSPS) is 9.85. The van der Waals surface area contributed by atoms with Gasteiger partial charge in [-0.2, -0.15) is 0 Å². The molecule has 0 unspecified atom stereocenters. The highest BCUT2D eigenvalue weighted by atomic mass is 127. The molecule has 0 amide bonds. The van der Waals surface area contributed by atoms with E-state index in [4.69, 9.17) is 16.3 Å². The van der Waals surface area contributed by atoms with Crippen molar-refractivity contribution in [3.8, 4) is 5.75 Å². The molecule has 1 aromatic carbocycles. The number of benzene rings is 1. The van der Waals surface area contributed by atoms with Gasteiger partial charge >= 0.3 is 0 Å². The Morgan fingerprint density at radius 3 is 2.62 bits per heavy atom. The van der Waals surface area contributed by atoms with E-state index >= 15 is 0 Å². The predicted molar refractivity (Wildman–Crippen MR) is 60.7 cm³/mol. The standard InChI is InChI=1S/C9H8ClIO2/c1-5(12)7-3-6(11)4-8(10)9(7)13-2/h3-4H,1-2H3. The van der Waals surface area contributed by atoms with Gasteiger partial charge in [0, 0.05) is 3.57 Å². The minimum Gasteiger partial charge on any atom is -0.494 e. The summed E-state index contributed by atoms with van der Waals surface area (Å²) in [6.45, 7) is 1.49. The molecule has 4 heteroatoms. The fourth-order valence-electron chi connectivity index (χ4n) is 1.03. The number of methoxy groups -OCH3 is 1. The number of ether oxygens (including phenoxy) is 1. The SMILES string of the molecule is COc1c(Cl)cc(I)cc1C(C)=O. The van der Waals surface area contributed by atoms with E-state index in [0.29, 0.717) is 16.3 Å². The maximum Gasteiger partial charge on any atom is 0.163 e. The molecule has 0 aliphatic carbocycles. The minimum atomic E-state index is -0.0442. The van der Waals surface area contributed by atoms with Crippen LogP contribution in [0.15, 0.2) is 12.1 Å². The Labute approximate surface area is 95.4 Å². The van der Waals surface area contributed by atoms with E-state index in [9.17, 15) is 4.79 Å². The number of hydrogen-bond acceptors (Lipinski definition) is 2. The Bertz CT molecular complexity index is 350. The second-order valence-electron chi connectivity index (χ2n) is 2.52. The van der Waals surface area contributed by atoms with E-state index < -0.39 is 0 Å². The van der Waals surface area contributed by atoms with Crippen LogP contribution in [0.1, 0.15) is 17.3 Å². The molecule has 0 fully saturated rings. The van der Waals surface area contributed by atoms with Crippen LogP contribution in [0.25, 0.3) is 0 Å². The molecule has 1 rings (SSSR count). The summed E-state index contributed by atoms with van der Waals surface area (Å²) in [7, 11) is 1.50. The molecular formula is C9H8ClIO2. The molecule has 0 heterocycles. The van der Waals surface area contributed by atoms with Gasteiger partial charge in [-0.3, -0.25) is 4.79 Å². The van der Waals surface area contributed by atoms with E-state index in [0.717, 1.165) is 3.57 Å². The molecule has 0 atom stereocenters. The van der Waals surface area contributed by atoms with Gasteiger partial charge in [0.1, 0.15) is 5.75 Å². The van der Waals surface area contributed by atoms with Gasteiger partial charge in [-0.15, -0.1) is 0 Å². The van der Waals surface area contributed by atoms with Gasteiger partial charge in [0.2, 0.25) is 0 Å². The molecular weight excluding hydrogens is 302 g/mol. The molecule has 0 radical (unpaired) electrons. The second-order valence-corrected chi connectivity index (χ2v) is 4.18. The first-order valence-corrected chi connectivity index (χ1v) is 5.06. The zero-order valence-electron chi connectivity index (χ0n) is 7.23. The van der Waals surface area contributed by atoms with E-state index in [1.807, 2.05) is 0 Å². The van der Waals surface area contributed by atoms with Crippen LogP contribution in [0.5, 0.6) is 5.75 Å². The van der Waals surface area contributed by atoms with Gasteiger partial charge in [0.15, 0.2) is 5.78 Å². The molecule has 0 bridgehead atoms. The summed E-state index contributed by atoms with van der Waals surface area (Å²) in [5, 5.41) is 0.472. The Hall–Kier alpha value is -0.290. The van der Waals surface area contributed by atoms with Gasteiger partial charge < -0.3 is 4.74 Å². The molecule has 0 aliphatic heterocycles. The highest BCUT2D eigenvalue weighted by Gasteiger charge is 2.12. The van der Waals surface area contributed by atoms with Crippen LogP contribution in [0, 0.1) is 3.57 Å². The second kappa shape index (κ2) is 4.28. The Morgan fingerprint density at radius 2 is 2.15 bits per heavy atom. The molecule has 0 saturated heterocycles. The number of carbonyl (C=O) groups is 1. The predicted octanol–water partition coefficient (Wildman–Crippen LogP) is 3.16. The van der Waals surface area contributed by atoms with Crippen molar-refractivity contribution in [3.63, 3.8) is 0 Å². The maximum absolute atomic E-state index is 11.2. The summed E-state index contributed by atoms with van der Waals surface area (Å²) in [6, 6.07) is 3.51. The molecule has 70 valence electrons. The van der Waals surface area contributed by atoms with Crippen molar-refractivity contribution in [2.24, 2.45) is 0 Å². The van der Waals surface area contributed by atoms with Crippen molar-refractivity contribution in [1.29, 1.82) is 0 Å². The average Bonchev–Trinajstić information content (AvgIpc) is 2.02. The first-order valence-electron chi connectivity index (χ1n) is 3.60. The summed E-state index contributed by atoms with van der Waals surface area (Å²) in [5.74, 6) is 0.409. The van der Waals surface area contributed by atoms with Gasteiger partial charge in [-0.05, 0) is 41.6 Å². The summed E-state index contributed by atoms with van der Waals surface area (Å²) < 4.78 is 5.96. The molecule has 0 spiro atoms. The monoisotopic (exact) mass is 310 g/mol. The van der Waals surface area contributed by atoms with Crippen LogP contribution >= 0.6 is 34.2 Å². The number of halogens is 2. The van der Waals surface area contributed by atoms with Crippen LogP contribution in [-0.4, -0.2) is 12.9 Å². The van der Waals surface area contributed by atoms with Gasteiger partial charge in [0.05, 0.1) is 17.7 Å². The molecule has 2 nitrogen and oxygen atoms in total. The fraction of sp³-hybridized carbons (Fsp3) is 0.222. The molecule has 0 N–H and O–H groups in total. The molecule has 1 aromatic rings. The zero-order chi connectivity index (χ0) is 10.0. The molecule has 13 heavy (non-hydrogen) atoms.